The summed E-state index contributed by atoms with van der Waals surface area (Å²) in [6.45, 7) is 0. The fourth-order valence-corrected chi connectivity index (χ4v) is 1.06. The minimum absolute atomic E-state index is 0.324. The molecule has 1 aromatic heterocycles. The van der Waals surface area contributed by atoms with E-state index in [1.807, 2.05) is 0 Å². The predicted octanol–water partition coefficient (Wildman–Crippen LogP) is 2.35. The van der Waals surface area contributed by atoms with Gasteiger partial charge >= 0.3 is 6.43 Å². The molecule has 0 saturated carbocycles. The summed E-state index contributed by atoms with van der Waals surface area (Å²) < 4.78 is 29.0. The zero-order valence-electron chi connectivity index (χ0n) is 6.50. The van der Waals surface area contributed by atoms with E-state index in [2.05, 4.69) is 4.98 Å². The number of rotatable bonds is 1. The number of benzene rings is 1. The number of halogens is 2. The van der Waals surface area contributed by atoms with Gasteiger partial charge in [-0.25, -0.2) is 4.98 Å². The highest BCUT2D eigenvalue weighted by atomic mass is 19.3. The summed E-state index contributed by atoms with van der Waals surface area (Å²) in [7, 11) is 0. The van der Waals surface area contributed by atoms with E-state index in [0.29, 0.717) is 16.8 Å². The molecule has 3 nitrogen and oxygen atoms in total. The molecular formula is C8H6F2N2O. The van der Waals surface area contributed by atoms with Crippen LogP contribution in [-0.4, -0.2) is 4.98 Å². The van der Waals surface area contributed by atoms with Gasteiger partial charge in [-0.2, -0.15) is 8.78 Å². The van der Waals surface area contributed by atoms with Crippen LogP contribution in [0.15, 0.2) is 22.6 Å². The first-order valence-electron chi connectivity index (χ1n) is 3.61. The van der Waals surface area contributed by atoms with Crippen molar-refractivity contribution < 1.29 is 13.2 Å². The highest BCUT2D eigenvalue weighted by Crippen LogP contribution is 2.24. The van der Waals surface area contributed by atoms with Crippen molar-refractivity contribution >= 4 is 16.8 Å². The van der Waals surface area contributed by atoms with Gasteiger partial charge in [0, 0.05) is 5.69 Å². The number of hydrogen-bond acceptors (Lipinski definition) is 3. The summed E-state index contributed by atoms with van der Waals surface area (Å²) in [4.78, 5) is 3.58. The molecule has 2 aromatic rings. The molecule has 0 aliphatic carbocycles. The quantitative estimate of drug-likeness (QED) is 0.692. The molecule has 0 saturated heterocycles. The number of alkyl halides is 2. The maximum atomic E-state index is 12.1. The van der Waals surface area contributed by atoms with Gasteiger partial charge in [-0.15, -0.1) is 0 Å². The van der Waals surface area contributed by atoms with Gasteiger partial charge in [0.2, 0.25) is 0 Å². The van der Waals surface area contributed by atoms with Gasteiger partial charge in [0.15, 0.2) is 5.58 Å². The highest BCUT2D eigenvalue weighted by molar-refractivity contribution is 5.76. The summed E-state index contributed by atoms with van der Waals surface area (Å²) in [6.07, 6.45) is -2.69. The largest absolute Gasteiger partial charge is 0.435 e. The lowest BCUT2D eigenvalue weighted by Crippen LogP contribution is -1.83. The van der Waals surface area contributed by atoms with Crippen LogP contribution in [-0.2, 0) is 0 Å². The van der Waals surface area contributed by atoms with Gasteiger partial charge in [0.05, 0.1) is 0 Å². The van der Waals surface area contributed by atoms with Crippen LogP contribution in [0.5, 0.6) is 0 Å². The van der Waals surface area contributed by atoms with Crippen LogP contribution in [0.2, 0.25) is 0 Å². The van der Waals surface area contributed by atoms with E-state index in [4.69, 9.17) is 10.2 Å². The molecule has 0 unspecified atom stereocenters. The van der Waals surface area contributed by atoms with Crippen LogP contribution in [0.4, 0.5) is 14.5 Å². The van der Waals surface area contributed by atoms with E-state index in [1.165, 1.54) is 12.1 Å². The fourth-order valence-electron chi connectivity index (χ4n) is 1.06. The van der Waals surface area contributed by atoms with Crippen molar-refractivity contribution in [3.63, 3.8) is 0 Å². The van der Waals surface area contributed by atoms with Gasteiger partial charge in [0.25, 0.3) is 5.89 Å². The van der Waals surface area contributed by atoms with E-state index in [9.17, 15) is 8.78 Å². The van der Waals surface area contributed by atoms with Crippen LogP contribution in [0.3, 0.4) is 0 Å². The van der Waals surface area contributed by atoms with Gasteiger partial charge < -0.3 is 10.2 Å². The molecule has 0 bridgehead atoms. The number of aromatic nitrogens is 1. The van der Waals surface area contributed by atoms with E-state index in [1.54, 1.807) is 6.07 Å². The minimum Gasteiger partial charge on any atom is -0.435 e. The Kier molecular flexibility index (Phi) is 1.65. The molecule has 2 N–H and O–H groups in total. The minimum atomic E-state index is -2.69. The summed E-state index contributed by atoms with van der Waals surface area (Å²) in [5.41, 5.74) is 6.59. The summed E-state index contributed by atoms with van der Waals surface area (Å²) in [5, 5.41) is 0. The standard InChI is InChI=1S/C8H6F2N2O/c9-7(10)8-12-5-3-4(11)1-2-6(5)13-8/h1-3,7H,11H2. The van der Waals surface area contributed by atoms with Crippen LogP contribution >= 0.6 is 0 Å². The summed E-state index contributed by atoms with van der Waals surface area (Å²) >= 11 is 0. The molecule has 2 rings (SSSR count). The summed E-state index contributed by atoms with van der Waals surface area (Å²) in [6, 6.07) is 4.58. The Hall–Kier alpha value is -1.65. The number of hydrogen-bond donors (Lipinski definition) is 1. The van der Waals surface area contributed by atoms with Crippen LogP contribution in [0.1, 0.15) is 12.3 Å². The Morgan fingerprint density at radius 3 is 2.85 bits per heavy atom. The molecule has 0 radical (unpaired) electrons. The Bertz CT molecular complexity index is 439. The number of fused-ring (bicyclic) bond motifs is 1. The average Bonchev–Trinajstić information content (AvgIpc) is 2.46. The Labute approximate surface area is 72.2 Å². The van der Waals surface area contributed by atoms with Crippen molar-refractivity contribution in [1.29, 1.82) is 0 Å². The molecule has 0 atom stereocenters. The molecule has 0 fully saturated rings. The number of anilines is 1. The topological polar surface area (TPSA) is 52.0 Å². The maximum absolute atomic E-state index is 12.1. The van der Waals surface area contributed by atoms with E-state index in [-0.39, 0.29) is 0 Å². The van der Waals surface area contributed by atoms with Gasteiger partial charge in [0.1, 0.15) is 5.52 Å². The average molecular weight is 184 g/mol. The molecule has 0 aliphatic heterocycles. The number of oxazole rings is 1. The van der Waals surface area contributed by atoms with E-state index < -0.39 is 12.3 Å². The molecule has 5 heteroatoms. The second-order valence-corrected chi connectivity index (χ2v) is 2.58. The molecule has 0 amide bonds. The first-order chi connectivity index (χ1) is 6.16. The first-order valence-corrected chi connectivity index (χ1v) is 3.61. The van der Waals surface area contributed by atoms with Crippen LogP contribution in [0, 0.1) is 0 Å². The molecule has 0 aliphatic rings. The van der Waals surface area contributed by atoms with Gasteiger partial charge in [-0.1, -0.05) is 0 Å². The summed E-state index contributed by atoms with van der Waals surface area (Å²) in [5.74, 6) is -0.569. The Morgan fingerprint density at radius 2 is 2.15 bits per heavy atom. The Balaban J connectivity index is 2.62. The van der Waals surface area contributed by atoms with Crippen molar-refractivity contribution in [2.24, 2.45) is 0 Å². The number of nitrogens with two attached hydrogens (primary N) is 1. The highest BCUT2D eigenvalue weighted by Gasteiger charge is 2.15. The second-order valence-electron chi connectivity index (χ2n) is 2.58. The van der Waals surface area contributed by atoms with Gasteiger partial charge in [-0.05, 0) is 18.2 Å². The van der Waals surface area contributed by atoms with Crippen molar-refractivity contribution in [3.05, 3.63) is 24.1 Å². The third kappa shape index (κ3) is 1.32. The molecular weight excluding hydrogens is 178 g/mol. The molecule has 1 heterocycles. The molecule has 0 spiro atoms. The maximum Gasteiger partial charge on any atom is 0.313 e. The van der Waals surface area contributed by atoms with Crippen LogP contribution in [0.25, 0.3) is 11.1 Å². The molecule has 68 valence electrons. The van der Waals surface area contributed by atoms with Crippen molar-refractivity contribution in [2.45, 2.75) is 6.43 Å². The SMILES string of the molecule is Nc1ccc2oc(C(F)F)nc2c1. The Morgan fingerprint density at radius 1 is 1.38 bits per heavy atom. The smallest absolute Gasteiger partial charge is 0.313 e. The fraction of sp³-hybridized carbons (Fsp3) is 0.125. The third-order valence-corrected chi connectivity index (χ3v) is 1.61. The zero-order chi connectivity index (χ0) is 9.42. The number of nitrogen functional groups attached to an aromatic ring is 1. The lowest BCUT2D eigenvalue weighted by Gasteiger charge is -1.88. The van der Waals surface area contributed by atoms with E-state index >= 15 is 0 Å². The number of nitrogens with zero attached hydrogens (tertiary/aromatic N) is 1. The monoisotopic (exact) mass is 184 g/mol. The van der Waals surface area contributed by atoms with E-state index in [0.717, 1.165) is 0 Å². The van der Waals surface area contributed by atoms with Gasteiger partial charge in [-0.3, -0.25) is 0 Å². The molecule has 1 aromatic carbocycles. The van der Waals surface area contributed by atoms with Crippen molar-refractivity contribution in [2.75, 3.05) is 5.73 Å². The molecule has 13 heavy (non-hydrogen) atoms. The third-order valence-electron chi connectivity index (χ3n) is 1.61. The predicted molar refractivity (Wildman–Crippen MR) is 43.4 cm³/mol. The van der Waals surface area contributed by atoms with Crippen molar-refractivity contribution in [3.8, 4) is 0 Å². The van der Waals surface area contributed by atoms with Crippen molar-refractivity contribution in [1.82, 2.24) is 4.98 Å². The second kappa shape index (κ2) is 2.69. The lowest BCUT2D eigenvalue weighted by molar-refractivity contribution is 0.117. The normalized spacial score (nSPS) is 11.3. The zero-order valence-corrected chi connectivity index (χ0v) is 6.50. The van der Waals surface area contributed by atoms with Crippen LogP contribution < -0.4 is 5.73 Å². The first kappa shape index (κ1) is 7.97. The lowest BCUT2D eigenvalue weighted by atomic mass is 10.3.